The van der Waals surface area contributed by atoms with Crippen LogP contribution in [0.3, 0.4) is 0 Å². The van der Waals surface area contributed by atoms with E-state index in [9.17, 15) is 4.79 Å². The molecule has 2 heteroatoms. The standard InChI is InChI=1S/C16H18O2/c1-11-3-7-15-10-13(6-8-14(15)9-11)5-4-12(2)16(17)18/h3,6-10,12H,4-5H2,1-2H3,(H,17,18). The van der Waals surface area contributed by atoms with Crippen molar-refractivity contribution in [3.05, 3.63) is 47.5 Å². The molecule has 1 N–H and O–H groups in total. The van der Waals surface area contributed by atoms with Gasteiger partial charge in [0.2, 0.25) is 0 Å². The minimum atomic E-state index is -0.716. The lowest BCUT2D eigenvalue weighted by molar-refractivity contribution is -0.141. The summed E-state index contributed by atoms with van der Waals surface area (Å²) in [5.41, 5.74) is 2.47. The van der Waals surface area contributed by atoms with Crippen molar-refractivity contribution in [3.8, 4) is 0 Å². The van der Waals surface area contributed by atoms with E-state index in [2.05, 4.69) is 43.3 Å². The van der Waals surface area contributed by atoms with Crippen LogP contribution in [0.4, 0.5) is 0 Å². The van der Waals surface area contributed by atoms with Gasteiger partial charge in [-0.25, -0.2) is 0 Å². The Bertz CT molecular complexity index is 572. The lowest BCUT2D eigenvalue weighted by atomic mass is 9.98. The van der Waals surface area contributed by atoms with Gasteiger partial charge in [0, 0.05) is 0 Å². The number of fused-ring (bicyclic) bond motifs is 1. The number of aliphatic carboxylic acids is 1. The molecule has 0 fully saturated rings. The van der Waals surface area contributed by atoms with Gasteiger partial charge in [-0.05, 0) is 36.1 Å². The highest BCUT2D eigenvalue weighted by molar-refractivity contribution is 5.83. The van der Waals surface area contributed by atoms with E-state index in [-0.39, 0.29) is 5.92 Å². The molecule has 0 radical (unpaired) electrons. The van der Waals surface area contributed by atoms with Crippen LogP contribution in [0.2, 0.25) is 0 Å². The molecule has 0 aliphatic carbocycles. The monoisotopic (exact) mass is 242 g/mol. The molecule has 1 unspecified atom stereocenters. The van der Waals surface area contributed by atoms with Crippen molar-refractivity contribution >= 4 is 16.7 Å². The van der Waals surface area contributed by atoms with Gasteiger partial charge in [0.25, 0.3) is 0 Å². The smallest absolute Gasteiger partial charge is 0.306 e. The highest BCUT2D eigenvalue weighted by atomic mass is 16.4. The predicted molar refractivity (Wildman–Crippen MR) is 73.8 cm³/mol. The third-order valence-corrected chi connectivity index (χ3v) is 3.35. The van der Waals surface area contributed by atoms with E-state index in [4.69, 9.17) is 5.11 Å². The molecule has 0 aliphatic rings. The summed E-state index contributed by atoms with van der Waals surface area (Å²) in [4.78, 5) is 10.8. The number of aryl methyl sites for hydroxylation is 2. The number of rotatable bonds is 4. The van der Waals surface area contributed by atoms with E-state index < -0.39 is 5.97 Å². The minimum absolute atomic E-state index is 0.279. The number of carboxylic acids is 1. The fourth-order valence-electron chi connectivity index (χ4n) is 2.08. The van der Waals surface area contributed by atoms with Crippen molar-refractivity contribution in [1.82, 2.24) is 0 Å². The van der Waals surface area contributed by atoms with E-state index in [0.29, 0.717) is 6.42 Å². The molecular weight excluding hydrogens is 224 g/mol. The largest absolute Gasteiger partial charge is 0.481 e. The Hall–Kier alpha value is -1.83. The van der Waals surface area contributed by atoms with Gasteiger partial charge in [-0.1, -0.05) is 48.9 Å². The van der Waals surface area contributed by atoms with Gasteiger partial charge in [-0.2, -0.15) is 0 Å². The van der Waals surface area contributed by atoms with Crippen LogP contribution in [-0.2, 0) is 11.2 Å². The Morgan fingerprint density at radius 3 is 2.56 bits per heavy atom. The SMILES string of the molecule is Cc1ccc2cc(CCC(C)C(=O)O)ccc2c1. The molecule has 0 aliphatic heterocycles. The maximum Gasteiger partial charge on any atom is 0.306 e. The van der Waals surface area contributed by atoms with Crippen molar-refractivity contribution in [3.63, 3.8) is 0 Å². The van der Waals surface area contributed by atoms with Crippen LogP contribution >= 0.6 is 0 Å². The summed E-state index contributed by atoms with van der Waals surface area (Å²) in [7, 11) is 0. The highest BCUT2D eigenvalue weighted by Gasteiger charge is 2.10. The first-order chi connectivity index (χ1) is 8.56. The van der Waals surface area contributed by atoms with Gasteiger partial charge in [0.15, 0.2) is 0 Å². The minimum Gasteiger partial charge on any atom is -0.481 e. The Balaban J connectivity index is 2.15. The maximum atomic E-state index is 10.8. The quantitative estimate of drug-likeness (QED) is 0.885. The summed E-state index contributed by atoms with van der Waals surface area (Å²) in [6.45, 7) is 3.84. The second-order valence-corrected chi connectivity index (χ2v) is 4.96. The fourth-order valence-corrected chi connectivity index (χ4v) is 2.08. The Kier molecular flexibility index (Phi) is 3.66. The second-order valence-electron chi connectivity index (χ2n) is 4.96. The third-order valence-electron chi connectivity index (χ3n) is 3.35. The van der Waals surface area contributed by atoms with Gasteiger partial charge in [-0.15, -0.1) is 0 Å². The van der Waals surface area contributed by atoms with Crippen LogP contribution in [0.25, 0.3) is 10.8 Å². The number of hydrogen-bond donors (Lipinski definition) is 1. The first-order valence-electron chi connectivity index (χ1n) is 6.28. The molecule has 0 saturated carbocycles. The molecule has 2 aromatic rings. The molecule has 0 aromatic heterocycles. The Labute approximate surface area is 107 Å². The molecule has 0 amide bonds. The maximum absolute atomic E-state index is 10.8. The molecule has 2 aromatic carbocycles. The van der Waals surface area contributed by atoms with E-state index in [1.54, 1.807) is 6.92 Å². The molecule has 1 atom stereocenters. The normalized spacial score (nSPS) is 12.6. The lowest BCUT2D eigenvalue weighted by Crippen LogP contribution is -2.10. The van der Waals surface area contributed by atoms with Crippen LogP contribution < -0.4 is 0 Å². The van der Waals surface area contributed by atoms with Crippen LogP contribution in [0.15, 0.2) is 36.4 Å². The molecule has 0 bridgehead atoms. The molecule has 2 rings (SSSR count). The summed E-state index contributed by atoms with van der Waals surface area (Å²) in [6, 6.07) is 12.8. The number of benzene rings is 2. The van der Waals surface area contributed by atoms with E-state index in [1.165, 1.54) is 21.9 Å². The number of hydrogen-bond acceptors (Lipinski definition) is 1. The zero-order valence-electron chi connectivity index (χ0n) is 10.8. The number of carbonyl (C=O) groups is 1. The zero-order valence-corrected chi connectivity index (χ0v) is 10.8. The van der Waals surface area contributed by atoms with Crippen LogP contribution in [0.1, 0.15) is 24.5 Å². The molecule has 0 saturated heterocycles. The van der Waals surface area contributed by atoms with Crippen molar-refractivity contribution in [2.75, 3.05) is 0 Å². The van der Waals surface area contributed by atoms with Crippen LogP contribution in [-0.4, -0.2) is 11.1 Å². The van der Waals surface area contributed by atoms with Crippen molar-refractivity contribution in [1.29, 1.82) is 0 Å². The summed E-state index contributed by atoms with van der Waals surface area (Å²) in [5, 5.41) is 11.3. The highest BCUT2D eigenvalue weighted by Crippen LogP contribution is 2.19. The van der Waals surface area contributed by atoms with Gasteiger partial charge in [-0.3, -0.25) is 4.79 Å². The topological polar surface area (TPSA) is 37.3 Å². The fraction of sp³-hybridized carbons (Fsp3) is 0.312. The van der Waals surface area contributed by atoms with Crippen LogP contribution in [0, 0.1) is 12.8 Å². The first-order valence-corrected chi connectivity index (χ1v) is 6.28. The van der Waals surface area contributed by atoms with Gasteiger partial charge >= 0.3 is 5.97 Å². The van der Waals surface area contributed by atoms with E-state index in [1.807, 2.05) is 0 Å². The summed E-state index contributed by atoms with van der Waals surface area (Å²) in [5.74, 6) is -0.995. The molecule has 2 nitrogen and oxygen atoms in total. The van der Waals surface area contributed by atoms with Crippen molar-refractivity contribution < 1.29 is 9.90 Å². The Morgan fingerprint density at radius 1 is 1.17 bits per heavy atom. The van der Waals surface area contributed by atoms with E-state index >= 15 is 0 Å². The zero-order chi connectivity index (χ0) is 13.1. The molecule has 94 valence electrons. The number of carboxylic acid groups (broad SMARTS) is 1. The average molecular weight is 242 g/mol. The summed E-state index contributed by atoms with van der Waals surface area (Å²) < 4.78 is 0. The predicted octanol–water partition coefficient (Wildman–Crippen LogP) is 3.80. The summed E-state index contributed by atoms with van der Waals surface area (Å²) in [6.07, 6.45) is 1.50. The summed E-state index contributed by atoms with van der Waals surface area (Å²) >= 11 is 0. The van der Waals surface area contributed by atoms with Crippen molar-refractivity contribution in [2.45, 2.75) is 26.7 Å². The molecule has 0 heterocycles. The first kappa shape index (κ1) is 12.6. The third kappa shape index (κ3) is 2.89. The van der Waals surface area contributed by atoms with Gasteiger partial charge in [0.05, 0.1) is 5.92 Å². The van der Waals surface area contributed by atoms with Gasteiger partial charge in [0.1, 0.15) is 0 Å². The molecular formula is C16H18O2. The van der Waals surface area contributed by atoms with Crippen molar-refractivity contribution in [2.24, 2.45) is 5.92 Å². The van der Waals surface area contributed by atoms with E-state index in [0.717, 1.165) is 6.42 Å². The Morgan fingerprint density at radius 2 is 1.83 bits per heavy atom. The van der Waals surface area contributed by atoms with Crippen LogP contribution in [0.5, 0.6) is 0 Å². The molecule has 18 heavy (non-hydrogen) atoms. The second kappa shape index (κ2) is 5.21. The average Bonchev–Trinajstić information content (AvgIpc) is 2.35. The lowest BCUT2D eigenvalue weighted by Gasteiger charge is -2.07. The van der Waals surface area contributed by atoms with Gasteiger partial charge < -0.3 is 5.11 Å². The molecule has 0 spiro atoms.